The van der Waals surface area contributed by atoms with Crippen LogP contribution < -0.4 is 4.74 Å². The van der Waals surface area contributed by atoms with Gasteiger partial charge in [-0.1, -0.05) is 48.5 Å². The van der Waals surface area contributed by atoms with Gasteiger partial charge in [-0.15, -0.1) is 0 Å². The molecule has 0 saturated heterocycles. The molecule has 0 spiro atoms. The van der Waals surface area contributed by atoms with E-state index in [9.17, 15) is 4.79 Å². The Labute approximate surface area is 120 Å². The van der Waals surface area contributed by atoms with Crippen molar-refractivity contribution in [1.82, 2.24) is 4.98 Å². The predicted octanol–water partition coefficient (Wildman–Crippen LogP) is 3.83. The van der Waals surface area contributed by atoms with E-state index in [-0.39, 0.29) is 11.8 Å². The van der Waals surface area contributed by atoms with Crippen molar-refractivity contribution < 1.29 is 19.1 Å². The maximum Gasteiger partial charge on any atom is 0.399 e. The minimum absolute atomic E-state index is 0.101. The average molecular weight is 281 g/mol. The van der Waals surface area contributed by atoms with E-state index in [0.717, 1.165) is 17.4 Å². The zero-order valence-corrected chi connectivity index (χ0v) is 10.9. The summed E-state index contributed by atoms with van der Waals surface area (Å²) in [5.74, 6) is -0.618. The molecule has 0 bridgehead atoms. The molecular formula is C16H11NO4. The highest BCUT2D eigenvalue weighted by molar-refractivity contribution is 5.84. The van der Waals surface area contributed by atoms with Crippen LogP contribution >= 0.6 is 0 Å². The number of oxazole rings is 1. The Bertz CT molecular complexity index is 765. The maximum atomic E-state index is 10.8. The quantitative estimate of drug-likeness (QED) is 0.786. The van der Waals surface area contributed by atoms with Crippen molar-refractivity contribution in [2.45, 2.75) is 0 Å². The number of aromatic carboxylic acids is 1. The van der Waals surface area contributed by atoms with Gasteiger partial charge in [-0.25, -0.2) is 4.79 Å². The monoisotopic (exact) mass is 281 g/mol. The van der Waals surface area contributed by atoms with Gasteiger partial charge < -0.3 is 14.3 Å². The lowest BCUT2D eigenvalue weighted by atomic mass is 10.1. The number of carboxylic acid groups (broad SMARTS) is 1. The van der Waals surface area contributed by atoms with Crippen LogP contribution in [0.25, 0.3) is 11.1 Å². The van der Waals surface area contributed by atoms with Gasteiger partial charge in [0, 0.05) is 5.56 Å². The summed E-state index contributed by atoms with van der Waals surface area (Å²) < 4.78 is 10.6. The number of rotatable bonds is 4. The smallest absolute Gasteiger partial charge is 0.399 e. The molecule has 0 fully saturated rings. The summed E-state index contributed by atoms with van der Waals surface area (Å²) >= 11 is 0. The lowest BCUT2D eigenvalue weighted by molar-refractivity contribution is 0.0690. The topological polar surface area (TPSA) is 72.6 Å². The van der Waals surface area contributed by atoms with Crippen LogP contribution in [-0.4, -0.2) is 16.1 Å². The third kappa shape index (κ3) is 2.76. The number of nitrogens with zero attached hydrogens (tertiary/aromatic N) is 1. The summed E-state index contributed by atoms with van der Waals surface area (Å²) in [6, 6.07) is 17.1. The van der Waals surface area contributed by atoms with Crippen molar-refractivity contribution in [2.75, 3.05) is 0 Å². The summed E-state index contributed by atoms with van der Waals surface area (Å²) in [7, 11) is 0. The number of hydrogen-bond donors (Lipinski definition) is 1. The fourth-order valence-electron chi connectivity index (χ4n) is 1.91. The van der Waals surface area contributed by atoms with E-state index in [1.807, 2.05) is 48.5 Å². The Kier molecular flexibility index (Phi) is 3.39. The zero-order chi connectivity index (χ0) is 14.7. The third-order valence-electron chi connectivity index (χ3n) is 2.87. The third-order valence-corrected chi connectivity index (χ3v) is 2.87. The highest BCUT2D eigenvalue weighted by atomic mass is 16.6. The van der Waals surface area contributed by atoms with Gasteiger partial charge in [0.05, 0.1) is 0 Å². The van der Waals surface area contributed by atoms with Gasteiger partial charge >= 0.3 is 12.0 Å². The molecule has 104 valence electrons. The molecule has 1 N–H and O–H groups in total. The minimum atomic E-state index is -1.16. The SMILES string of the molecule is O=C(O)c1coc(Oc2ccccc2-c2ccccc2)n1. The standard InChI is InChI=1S/C16H11NO4/c18-15(19)13-10-20-16(17-13)21-14-9-5-4-8-12(14)11-6-2-1-3-7-11/h1-10H,(H,18,19). The molecule has 0 aliphatic carbocycles. The fourth-order valence-corrected chi connectivity index (χ4v) is 1.91. The average Bonchev–Trinajstić information content (AvgIpc) is 2.98. The molecular weight excluding hydrogens is 270 g/mol. The molecule has 1 heterocycles. The molecule has 0 radical (unpaired) electrons. The van der Waals surface area contributed by atoms with Crippen LogP contribution in [0.15, 0.2) is 65.3 Å². The van der Waals surface area contributed by atoms with Crippen molar-refractivity contribution in [3.63, 3.8) is 0 Å². The van der Waals surface area contributed by atoms with Crippen LogP contribution in [0.5, 0.6) is 11.8 Å². The number of ether oxygens (including phenoxy) is 1. The second-order valence-corrected chi connectivity index (χ2v) is 4.27. The molecule has 0 aliphatic heterocycles. The number of carbonyl (C=O) groups is 1. The molecule has 0 aliphatic rings. The van der Waals surface area contributed by atoms with Crippen LogP contribution in [0.4, 0.5) is 0 Å². The summed E-state index contributed by atoms with van der Waals surface area (Å²) in [5, 5.41) is 8.82. The number of para-hydroxylation sites is 1. The van der Waals surface area contributed by atoms with E-state index >= 15 is 0 Å². The van der Waals surface area contributed by atoms with Crippen molar-refractivity contribution >= 4 is 5.97 Å². The predicted molar refractivity (Wildman–Crippen MR) is 75.4 cm³/mol. The maximum absolute atomic E-state index is 10.8. The molecule has 2 aromatic carbocycles. The lowest BCUT2D eigenvalue weighted by Crippen LogP contribution is -1.96. The van der Waals surface area contributed by atoms with Crippen LogP contribution in [0, 0.1) is 0 Å². The highest BCUT2D eigenvalue weighted by Crippen LogP contribution is 2.32. The van der Waals surface area contributed by atoms with Gasteiger partial charge in [-0.2, -0.15) is 4.98 Å². The first-order valence-electron chi connectivity index (χ1n) is 6.25. The Balaban J connectivity index is 1.94. The lowest BCUT2D eigenvalue weighted by Gasteiger charge is -2.08. The van der Waals surface area contributed by atoms with Crippen LogP contribution in [0.1, 0.15) is 10.5 Å². The normalized spacial score (nSPS) is 10.3. The molecule has 5 nitrogen and oxygen atoms in total. The second kappa shape index (κ2) is 5.50. The number of carboxylic acids is 1. The van der Waals surface area contributed by atoms with Gasteiger partial charge in [-0.3, -0.25) is 0 Å². The summed E-state index contributed by atoms with van der Waals surface area (Å²) in [6.45, 7) is 0. The van der Waals surface area contributed by atoms with E-state index < -0.39 is 5.97 Å². The van der Waals surface area contributed by atoms with Gasteiger partial charge in [0.2, 0.25) is 0 Å². The summed E-state index contributed by atoms with van der Waals surface area (Å²) in [4.78, 5) is 14.5. The molecule has 1 aromatic heterocycles. The van der Waals surface area contributed by atoms with Gasteiger partial charge in [-0.05, 0) is 11.6 Å². The molecule has 21 heavy (non-hydrogen) atoms. The Morgan fingerprint density at radius 3 is 2.48 bits per heavy atom. The number of aromatic nitrogens is 1. The van der Waals surface area contributed by atoms with Gasteiger partial charge in [0.25, 0.3) is 0 Å². The Hall–Kier alpha value is -3.08. The molecule has 0 amide bonds. The van der Waals surface area contributed by atoms with E-state index in [1.165, 1.54) is 0 Å². The Morgan fingerprint density at radius 1 is 1.05 bits per heavy atom. The van der Waals surface area contributed by atoms with Crippen molar-refractivity contribution in [3.8, 4) is 23.0 Å². The van der Waals surface area contributed by atoms with Gasteiger partial charge in [0.1, 0.15) is 12.0 Å². The second-order valence-electron chi connectivity index (χ2n) is 4.27. The van der Waals surface area contributed by atoms with Gasteiger partial charge in [0.15, 0.2) is 5.69 Å². The Morgan fingerprint density at radius 2 is 1.76 bits per heavy atom. The molecule has 0 unspecified atom stereocenters. The molecule has 5 heteroatoms. The summed E-state index contributed by atoms with van der Waals surface area (Å²) in [6.07, 6.45) is 0.943. The van der Waals surface area contributed by atoms with E-state index in [1.54, 1.807) is 6.07 Å². The highest BCUT2D eigenvalue weighted by Gasteiger charge is 2.14. The first-order valence-corrected chi connectivity index (χ1v) is 6.25. The fraction of sp³-hybridized carbons (Fsp3) is 0. The van der Waals surface area contributed by atoms with Crippen molar-refractivity contribution in [1.29, 1.82) is 0 Å². The molecule has 0 atom stereocenters. The van der Waals surface area contributed by atoms with Crippen LogP contribution in [0.2, 0.25) is 0 Å². The minimum Gasteiger partial charge on any atom is -0.476 e. The van der Waals surface area contributed by atoms with E-state index in [2.05, 4.69) is 4.98 Å². The van der Waals surface area contributed by atoms with E-state index in [0.29, 0.717) is 5.75 Å². The zero-order valence-electron chi connectivity index (χ0n) is 10.9. The van der Waals surface area contributed by atoms with Crippen LogP contribution in [-0.2, 0) is 0 Å². The van der Waals surface area contributed by atoms with Crippen molar-refractivity contribution in [2.24, 2.45) is 0 Å². The largest absolute Gasteiger partial charge is 0.476 e. The van der Waals surface area contributed by atoms with E-state index in [4.69, 9.17) is 14.3 Å². The van der Waals surface area contributed by atoms with Crippen molar-refractivity contribution in [3.05, 3.63) is 66.6 Å². The molecule has 3 rings (SSSR count). The molecule has 0 saturated carbocycles. The number of hydrogen-bond acceptors (Lipinski definition) is 4. The first kappa shape index (κ1) is 12.9. The molecule has 3 aromatic rings. The number of benzene rings is 2. The first-order chi connectivity index (χ1) is 10.2. The summed E-state index contributed by atoms with van der Waals surface area (Å²) in [5.41, 5.74) is 1.66. The van der Waals surface area contributed by atoms with Crippen LogP contribution in [0.3, 0.4) is 0 Å².